The van der Waals surface area contributed by atoms with Gasteiger partial charge in [-0.3, -0.25) is 14.5 Å². The van der Waals surface area contributed by atoms with E-state index in [0.29, 0.717) is 30.3 Å². The lowest BCUT2D eigenvalue weighted by molar-refractivity contribution is -0.132. The van der Waals surface area contributed by atoms with Gasteiger partial charge in [-0.15, -0.1) is 0 Å². The highest BCUT2D eigenvalue weighted by molar-refractivity contribution is 5.96. The predicted molar refractivity (Wildman–Crippen MR) is 86.8 cm³/mol. The predicted octanol–water partition coefficient (Wildman–Crippen LogP) is 0.841. The van der Waals surface area contributed by atoms with E-state index in [1.165, 1.54) is 0 Å². The largest absolute Gasteiger partial charge is 0.343 e. The minimum absolute atomic E-state index is 0.000509. The lowest BCUT2D eigenvalue weighted by atomic mass is 10.1. The first-order chi connectivity index (χ1) is 11.0. The molecule has 1 aliphatic rings. The van der Waals surface area contributed by atoms with Crippen molar-refractivity contribution in [3.8, 4) is 6.07 Å². The highest BCUT2D eigenvalue weighted by Crippen LogP contribution is 2.06. The second-order valence-electron chi connectivity index (χ2n) is 5.88. The van der Waals surface area contributed by atoms with Crippen LogP contribution in [0.25, 0.3) is 0 Å². The maximum atomic E-state index is 12.2. The summed E-state index contributed by atoms with van der Waals surface area (Å²) < 4.78 is 0. The molecule has 2 amide bonds. The molecule has 0 spiro atoms. The van der Waals surface area contributed by atoms with E-state index in [9.17, 15) is 9.59 Å². The number of amides is 2. The first kappa shape index (κ1) is 17.0. The van der Waals surface area contributed by atoms with E-state index < -0.39 is 0 Å². The van der Waals surface area contributed by atoms with Crippen molar-refractivity contribution in [3.05, 3.63) is 35.4 Å². The number of benzene rings is 1. The highest BCUT2D eigenvalue weighted by atomic mass is 16.2. The minimum atomic E-state index is -0.302. The highest BCUT2D eigenvalue weighted by Gasteiger charge is 2.22. The Hall–Kier alpha value is -2.39. The van der Waals surface area contributed by atoms with Crippen molar-refractivity contribution in [1.29, 1.82) is 5.26 Å². The molecule has 1 aromatic carbocycles. The van der Waals surface area contributed by atoms with Crippen LogP contribution in [0.3, 0.4) is 0 Å². The van der Waals surface area contributed by atoms with E-state index in [1.807, 2.05) is 6.07 Å². The van der Waals surface area contributed by atoms with Gasteiger partial charge in [0, 0.05) is 37.8 Å². The summed E-state index contributed by atoms with van der Waals surface area (Å²) in [6.07, 6.45) is 0. The maximum absolute atomic E-state index is 12.2. The average molecular weight is 314 g/mol. The van der Waals surface area contributed by atoms with Crippen LogP contribution in [-0.4, -0.2) is 60.4 Å². The Morgan fingerprint density at radius 3 is 2.30 bits per heavy atom. The second-order valence-corrected chi connectivity index (χ2v) is 5.88. The fraction of sp³-hybridized carbons (Fsp3) is 0.471. The van der Waals surface area contributed by atoms with Crippen LogP contribution in [-0.2, 0) is 4.79 Å². The Kier molecular flexibility index (Phi) is 5.72. The number of nitrogens with zero attached hydrogens (tertiary/aromatic N) is 3. The summed E-state index contributed by atoms with van der Waals surface area (Å²) in [7, 11) is 0. The molecule has 0 aromatic heterocycles. The normalized spacial score (nSPS) is 15.3. The van der Waals surface area contributed by atoms with Crippen molar-refractivity contribution in [2.45, 2.75) is 19.9 Å². The number of rotatable bonds is 4. The zero-order valence-electron chi connectivity index (χ0n) is 13.6. The van der Waals surface area contributed by atoms with Gasteiger partial charge in [0.1, 0.15) is 0 Å². The summed E-state index contributed by atoms with van der Waals surface area (Å²) in [4.78, 5) is 28.3. The number of nitriles is 1. The molecule has 1 aliphatic heterocycles. The Bertz CT molecular complexity index is 596. The van der Waals surface area contributed by atoms with E-state index in [2.05, 4.69) is 24.1 Å². The number of piperazine rings is 1. The summed E-state index contributed by atoms with van der Waals surface area (Å²) in [6.45, 7) is 7.43. The first-order valence-corrected chi connectivity index (χ1v) is 7.81. The zero-order chi connectivity index (χ0) is 16.8. The molecular weight excluding hydrogens is 292 g/mol. The third kappa shape index (κ3) is 4.54. The van der Waals surface area contributed by atoms with Crippen molar-refractivity contribution in [2.24, 2.45) is 0 Å². The van der Waals surface area contributed by atoms with Crippen LogP contribution in [0.5, 0.6) is 0 Å². The number of hydrogen-bond donors (Lipinski definition) is 1. The molecule has 0 aliphatic carbocycles. The van der Waals surface area contributed by atoms with Crippen LogP contribution in [0.15, 0.2) is 24.3 Å². The third-order valence-electron chi connectivity index (χ3n) is 4.07. The van der Waals surface area contributed by atoms with Gasteiger partial charge in [0.2, 0.25) is 5.91 Å². The molecular formula is C17H22N4O2. The van der Waals surface area contributed by atoms with Gasteiger partial charge in [0.25, 0.3) is 5.91 Å². The van der Waals surface area contributed by atoms with Gasteiger partial charge in [-0.1, -0.05) is 0 Å². The van der Waals surface area contributed by atoms with Crippen LogP contribution in [0, 0.1) is 11.3 Å². The van der Waals surface area contributed by atoms with Crippen molar-refractivity contribution in [2.75, 3.05) is 32.7 Å². The molecule has 122 valence electrons. The van der Waals surface area contributed by atoms with Crippen LogP contribution in [0.2, 0.25) is 0 Å². The lowest BCUT2D eigenvalue weighted by Gasteiger charge is -2.36. The molecule has 1 saturated heterocycles. The molecule has 2 rings (SSSR count). The van der Waals surface area contributed by atoms with Gasteiger partial charge in [-0.2, -0.15) is 5.26 Å². The summed E-state index contributed by atoms with van der Waals surface area (Å²) >= 11 is 0. The fourth-order valence-corrected chi connectivity index (χ4v) is 2.55. The Morgan fingerprint density at radius 1 is 1.17 bits per heavy atom. The van der Waals surface area contributed by atoms with Gasteiger partial charge in [0.05, 0.1) is 18.2 Å². The monoisotopic (exact) mass is 314 g/mol. The van der Waals surface area contributed by atoms with E-state index in [-0.39, 0.29) is 18.4 Å². The van der Waals surface area contributed by atoms with E-state index in [1.54, 1.807) is 29.2 Å². The molecule has 1 N–H and O–H groups in total. The van der Waals surface area contributed by atoms with Gasteiger partial charge in [-0.05, 0) is 38.1 Å². The van der Waals surface area contributed by atoms with Crippen molar-refractivity contribution < 1.29 is 9.59 Å². The standard InChI is InChI=1S/C17H22N4O2/c1-13(2)20-7-9-21(10-8-20)16(22)12-19-17(23)15-5-3-14(11-18)4-6-15/h3-6,13H,7-10,12H2,1-2H3,(H,19,23). The molecule has 0 unspecified atom stereocenters. The Labute approximate surface area is 136 Å². The summed E-state index contributed by atoms with van der Waals surface area (Å²) in [6, 6.07) is 8.83. The zero-order valence-corrected chi connectivity index (χ0v) is 13.6. The molecule has 6 heteroatoms. The molecule has 1 heterocycles. The Morgan fingerprint density at radius 2 is 1.78 bits per heavy atom. The summed E-state index contributed by atoms with van der Waals surface area (Å²) in [5, 5.41) is 11.4. The van der Waals surface area contributed by atoms with E-state index >= 15 is 0 Å². The first-order valence-electron chi connectivity index (χ1n) is 7.81. The van der Waals surface area contributed by atoms with Gasteiger partial charge in [0.15, 0.2) is 0 Å². The molecule has 1 aromatic rings. The Balaban J connectivity index is 1.80. The van der Waals surface area contributed by atoms with Crippen LogP contribution >= 0.6 is 0 Å². The number of carbonyl (C=O) groups excluding carboxylic acids is 2. The fourth-order valence-electron chi connectivity index (χ4n) is 2.55. The maximum Gasteiger partial charge on any atom is 0.251 e. The van der Waals surface area contributed by atoms with E-state index in [0.717, 1.165) is 13.1 Å². The van der Waals surface area contributed by atoms with Crippen molar-refractivity contribution in [1.82, 2.24) is 15.1 Å². The molecule has 0 bridgehead atoms. The molecule has 6 nitrogen and oxygen atoms in total. The molecule has 23 heavy (non-hydrogen) atoms. The lowest BCUT2D eigenvalue weighted by Crippen LogP contribution is -2.52. The van der Waals surface area contributed by atoms with Crippen molar-refractivity contribution >= 4 is 11.8 Å². The number of carbonyl (C=O) groups is 2. The minimum Gasteiger partial charge on any atom is -0.343 e. The summed E-state index contributed by atoms with van der Waals surface area (Å²) in [5.41, 5.74) is 0.946. The average Bonchev–Trinajstić information content (AvgIpc) is 2.59. The van der Waals surface area contributed by atoms with Crippen LogP contribution in [0.4, 0.5) is 0 Å². The molecule has 1 fully saturated rings. The smallest absolute Gasteiger partial charge is 0.251 e. The SMILES string of the molecule is CC(C)N1CCN(C(=O)CNC(=O)c2ccc(C#N)cc2)CC1. The van der Waals surface area contributed by atoms with E-state index in [4.69, 9.17) is 5.26 Å². The second kappa shape index (κ2) is 7.75. The number of hydrogen-bond acceptors (Lipinski definition) is 4. The quantitative estimate of drug-likeness (QED) is 0.893. The van der Waals surface area contributed by atoms with Crippen LogP contribution in [0.1, 0.15) is 29.8 Å². The van der Waals surface area contributed by atoms with Gasteiger partial charge < -0.3 is 10.2 Å². The topological polar surface area (TPSA) is 76.4 Å². The molecule has 0 radical (unpaired) electrons. The number of nitrogens with one attached hydrogen (secondary N) is 1. The summed E-state index contributed by atoms with van der Waals surface area (Å²) in [5.74, 6) is -0.362. The third-order valence-corrected chi connectivity index (χ3v) is 4.07. The molecule has 0 saturated carbocycles. The van der Waals surface area contributed by atoms with Crippen molar-refractivity contribution in [3.63, 3.8) is 0 Å². The molecule has 0 atom stereocenters. The van der Waals surface area contributed by atoms with Gasteiger partial charge >= 0.3 is 0 Å². The van der Waals surface area contributed by atoms with Crippen LogP contribution < -0.4 is 5.32 Å². The van der Waals surface area contributed by atoms with Gasteiger partial charge in [-0.25, -0.2) is 0 Å².